The average Bonchev–Trinajstić information content (AvgIpc) is 2.65. The van der Waals surface area contributed by atoms with Gasteiger partial charge in [0.15, 0.2) is 0 Å². The first-order valence-electron chi connectivity index (χ1n) is 8.73. The maximum atomic E-state index is 12.4. The molecule has 1 aromatic rings. The van der Waals surface area contributed by atoms with Crippen molar-refractivity contribution < 1.29 is 22.9 Å². The van der Waals surface area contributed by atoms with E-state index in [0.717, 1.165) is 0 Å². The first-order valence-corrected chi connectivity index (χ1v) is 10.5. The predicted octanol–water partition coefficient (Wildman–Crippen LogP) is 1.10. The van der Waals surface area contributed by atoms with Crippen LogP contribution in [0.4, 0.5) is 5.69 Å². The molecule has 0 N–H and O–H groups in total. The molecular formula is C18H23N3O6S. The van der Waals surface area contributed by atoms with Crippen molar-refractivity contribution >= 4 is 33.4 Å². The Labute approximate surface area is 163 Å². The summed E-state index contributed by atoms with van der Waals surface area (Å²) in [5.41, 5.74) is 0.587. The van der Waals surface area contributed by atoms with Crippen LogP contribution in [0.25, 0.3) is 6.08 Å². The molecule has 0 bridgehead atoms. The summed E-state index contributed by atoms with van der Waals surface area (Å²) in [6.45, 7) is -0.122. The summed E-state index contributed by atoms with van der Waals surface area (Å²) in [6, 6.07) is 5.60. The van der Waals surface area contributed by atoms with Crippen LogP contribution in [0.2, 0.25) is 0 Å². The van der Waals surface area contributed by atoms with Gasteiger partial charge in [-0.1, -0.05) is 0 Å². The fourth-order valence-corrected chi connectivity index (χ4v) is 4.33. The summed E-state index contributed by atoms with van der Waals surface area (Å²) >= 11 is 0. The van der Waals surface area contributed by atoms with Crippen molar-refractivity contribution in [3.05, 3.63) is 46.0 Å². The highest BCUT2D eigenvalue weighted by molar-refractivity contribution is 7.91. The summed E-state index contributed by atoms with van der Waals surface area (Å²) in [4.78, 5) is 37.5. The van der Waals surface area contributed by atoms with E-state index in [-0.39, 0.29) is 41.6 Å². The number of hydrogen-bond acceptors (Lipinski definition) is 6. The number of non-ortho nitro benzene ring substituents is 1. The van der Waals surface area contributed by atoms with E-state index in [9.17, 15) is 28.1 Å². The molecule has 10 heteroatoms. The standard InChI is InChI=1S/C18H23N3O6S/c1-19(13-18(23)20(2)15-9-11-28(26,27)12-10-15)17(22)8-5-14-3-6-16(7-4-14)21(24)25/h3-8,15H,9-13H2,1-2H3. The van der Waals surface area contributed by atoms with Gasteiger partial charge >= 0.3 is 0 Å². The molecule has 0 spiro atoms. The van der Waals surface area contributed by atoms with E-state index >= 15 is 0 Å². The monoisotopic (exact) mass is 409 g/mol. The van der Waals surface area contributed by atoms with Crippen LogP contribution in [0.3, 0.4) is 0 Å². The second-order valence-corrected chi connectivity index (χ2v) is 9.07. The van der Waals surface area contributed by atoms with Crippen LogP contribution in [0, 0.1) is 10.1 Å². The number of likely N-dealkylation sites (N-methyl/N-ethyl adjacent to an activating group) is 2. The van der Waals surface area contributed by atoms with E-state index in [0.29, 0.717) is 18.4 Å². The van der Waals surface area contributed by atoms with E-state index in [1.807, 2.05) is 0 Å². The summed E-state index contributed by atoms with van der Waals surface area (Å²) in [7, 11) is 0.119. The molecule has 0 aliphatic carbocycles. The number of benzene rings is 1. The zero-order chi connectivity index (χ0) is 20.9. The molecule has 1 aliphatic heterocycles. The molecular weight excluding hydrogens is 386 g/mol. The smallest absolute Gasteiger partial charge is 0.269 e. The van der Waals surface area contributed by atoms with Crippen molar-refractivity contribution in [1.29, 1.82) is 0 Å². The average molecular weight is 409 g/mol. The molecule has 0 radical (unpaired) electrons. The number of amides is 2. The van der Waals surface area contributed by atoms with Crippen LogP contribution in [-0.2, 0) is 19.4 Å². The Balaban J connectivity index is 1.88. The third-order valence-corrected chi connectivity index (χ3v) is 6.45. The Hall–Kier alpha value is -2.75. The third-order valence-electron chi connectivity index (χ3n) is 4.74. The van der Waals surface area contributed by atoms with E-state index in [1.54, 1.807) is 7.05 Å². The van der Waals surface area contributed by atoms with Crippen LogP contribution >= 0.6 is 0 Å². The normalized spacial score (nSPS) is 16.6. The number of nitrogens with zero attached hydrogens (tertiary/aromatic N) is 3. The third kappa shape index (κ3) is 5.88. The molecule has 1 aromatic carbocycles. The number of nitro benzene ring substituents is 1. The van der Waals surface area contributed by atoms with Gasteiger partial charge in [0, 0.05) is 38.3 Å². The van der Waals surface area contributed by atoms with Crippen LogP contribution < -0.4 is 0 Å². The summed E-state index contributed by atoms with van der Waals surface area (Å²) in [5, 5.41) is 10.6. The van der Waals surface area contributed by atoms with Gasteiger partial charge in [0.05, 0.1) is 23.0 Å². The van der Waals surface area contributed by atoms with Gasteiger partial charge in [0.25, 0.3) is 5.69 Å². The van der Waals surface area contributed by atoms with Gasteiger partial charge in [0.1, 0.15) is 9.84 Å². The topological polar surface area (TPSA) is 118 Å². The molecule has 0 atom stereocenters. The molecule has 152 valence electrons. The van der Waals surface area contributed by atoms with Gasteiger partial charge in [-0.05, 0) is 36.6 Å². The summed E-state index contributed by atoms with van der Waals surface area (Å²) in [6.07, 6.45) is 3.62. The van der Waals surface area contributed by atoms with E-state index in [2.05, 4.69) is 0 Å². The van der Waals surface area contributed by atoms with Crippen molar-refractivity contribution in [3.8, 4) is 0 Å². The molecule has 0 unspecified atom stereocenters. The van der Waals surface area contributed by atoms with Crippen molar-refractivity contribution in [2.24, 2.45) is 0 Å². The van der Waals surface area contributed by atoms with Gasteiger partial charge in [0.2, 0.25) is 11.8 Å². The van der Waals surface area contributed by atoms with Gasteiger partial charge in [-0.2, -0.15) is 0 Å². The Morgan fingerprint density at radius 3 is 2.29 bits per heavy atom. The Morgan fingerprint density at radius 1 is 1.18 bits per heavy atom. The maximum Gasteiger partial charge on any atom is 0.269 e. The minimum Gasteiger partial charge on any atom is -0.341 e. The molecule has 9 nitrogen and oxygen atoms in total. The fourth-order valence-electron chi connectivity index (χ4n) is 2.86. The SMILES string of the molecule is CN(CC(=O)N(C)C1CCS(=O)(=O)CC1)C(=O)C=Cc1ccc([N+](=O)[O-])cc1. The van der Waals surface area contributed by atoms with Crippen molar-refractivity contribution in [2.75, 3.05) is 32.1 Å². The van der Waals surface area contributed by atoms with Crippen molar-refractivity contribution in [3.63, 3.8) is 0 Å². The molecule has 2 amide bonds. The molecule has 0 aromatic heterocycles. The van der Waals surface area contributed by atoms with Gasteiger partial charge in [-0.3, -0.25) is 19.7 Å². The number of nitro groups is 1. The fraction of sp³-hybridized carbons (Fsp3) is 0.444. The predicted molar refractivity (Wildman–Crippen MR) is 104 cm³/mol. The van der Waals surface area contributed by atoms with Gasteiger partial charge in [-0.15, -0.1) is 0 Å². The molecule has 1 saturated heterocycles. The number of hydrogen-bond donors (Lipinski definition) is 0. The minimum atomic E-state index is -3.00. The van der Waals surface area contributed by atoms with Crippen LogP contribution in [-0.4, -0.2) is 73.1 Å². The number of carbonyl (C=O) groups is 2. The van der Waals surface area contributed by atoms with Crippen LogP contribution in [0.15, 0.2) is 30.3 Å². The first-order chi connectivity index (χ1) is 13.1. The number of carbonyl (C=O) groups excluding carboxylic acids is 2. The lowest BCUT2D eigenvalue weighted by atomic mass is 10.1. The van der Waals surface area contributed by atoms with Gasteiger partial charge < -0.3 is 9.80 Å². The lowest BCUT2D eigenvalue weighted by Gasteiger charge is -2.32. The highest BCUT2D eigenvalue weighted by Gasteiger charge is 2.29. The van der Waals surface area contributed by atoms with Crippen molar-refractivity contribution in [2.45, 2.75) is 18.9 Å². The zero-order valence-corrected chi connectivity index (χ0v) is 16.6. The highest BCUT2D eigenvalue weighted by atomic mass is 32.2. The molecule has 1 aliphatic rings. The number of rotatable bonds is 6. The van der Waals surface area contributed by atoms with Crippen LogP contribution in [0.1, 0.15) is 18.4 Å². The summed E-state index contributed by atoms with van der Waals surface area (Å²) < 4.78 is 23.0. The zero-order valence-electron chi connectivity index (χ0n) is 15.8. The van der Waals surface area contributed by atoms with Gasteiger partial charge in [-0.25, -0.2) is 8.42 Å². The molecule has 1 fully saturated rings. The molecule has 0 saturated carbocycles. The second-order valence-electron chi connectivity index (χ2n) is 6.76. The molecule has 2 rings (SSSR count). The van der Waals surface area contributed by atoms with E-state index in [4.69, 9.17) is 0 Å². The lowest BCUT2D eigenvalue weighted by molar-refractivity contribution is -0.384. The van der Waals surface area contributed by atoms with E-state index in [1.165, 1.54) is 53.3 Å². The quantitative estimate of drug-likeness (QED) is 0.394. The molecule has 1 heterocycles. The van der Waals surface area contributed by atoms with E-state index < -0.39 is 14.8 Å². The highest BCUT2D eigenvalue weighted by Crippen LogP contribution is 2.17. The van der Waals surface area contributed by atoms with Crippen molar-refractivity contribution in [1.82, 2.24) is 9.80 Å². The Bertz CT molecular complexity index is 865. The maximum absolute atomic E-state index is 12.4. The minimum absolute atomic E-state index is 0.0373. The second kappa shape index (κ2) is 8.96. The largest absolute Gasteiger partial charge is 0.341 e. The Morgan fingerprint density at radius 2 is 1.75 bits per heavy atom. The summed E-state index contributed by atoms with van der Waals surface area (Å²) in [5.74, 6) is -0.500. The first kappa shape index (κ1) is 21.5. The number of sulfone groups is 1. The molecule has 28 heavy (non-hydrogen) atoms. The van der Waals surface area contributed by atoms with Crippen LogP contribution in [0.5, 0.6) is 0 Å². The Kier molecular flexibility index (Phi) is 6.90. The lowest BCUT2D eigenvalue weighted by Crippen LogP contribution is -2.46.